The lowest BCUT2D eigenvalue weighted by Gasteiger charge is -2.25. The van der Waals surface area contributed by atoms with Crippen molar-refractivity contribution in [2.24, 2.45) is 0 Å². The van der Waals surface area contributed by atoms with Gasteiger partial charge in [0.05, 0.1) is 34.4 Å². The molecule has 0 heterocycles. The van der Waals surface area contributed by atoms with Gasteiger partial charge in [-0.05, 0) is 70.6 Å². The van der Waals surface area contributed by atoms with Gasteiger partial charge in [0.25, 0.3) is 6.29 Å². The SMILES string of the molecule is CCCCCCC/C=C\C/C=C\CCCCCCCCCCCCCCCCCC(=O)OC(COC(=O)CCCCCCCCCCC/C=C\CCCCCCCCCC)COC(OCC[N+](C)(C)C)C(=O)O. The van der Waals surface area contributed by atoms with Crippen molar-refractivity contribution in [1.82, 2.24) is 0 Å². The minimum Gasteiger partial charge on any atom is -0.477 e. The van der Waals surface area contributed by atoms with E-state index >= 15 is 0 Å². The molecule has 0 aliphatic heterocycles. The van der Waals surface area contributed by atoms with Crippen LogP contribution in [-0.2, 0) is 33.3 Å². The highest BCUT2D eigenvalue weighted by molar-refractivity contribution is 5.71. The molecule has 0 aliphatic rings. The third kappa shape index (κ3) is 57.1. The molecule has 0 amide bonds. The molecule has 0 aliphatic carbocycles. The Kier molecular flexibility index (Phi) is 53.8. The Morgan fingerprint density at radius 2 is 0.740 bits per heavy atom. The molecule has 0 saturated heterocycles. The third-order valence-corrected chi connectivity index (χ3v) is 13.9. The summed E-state index contributed by atoms with van der Waals surface area (Å²) in [5.74, 6) is -1.99. The van der Waals surface area contributed by atoms with Crippen LogP contribution in [0.4, 0.5) is 0 Å². The van der Waals surface area contributed by atoms with Crippen LogP contribution in [0.25, 0.3) is 0 Å². The van der Waals surface area contributed by atoms with Crippen LogP contribution in [0, 0.1) is 0 Å². The van der Waals surface area contributed by atoms with Crippen LogP contribution in [0.3, 0.4) is 0 Å². The lowest BCUT2D eigenvalue weighted by Crippen LogP contribution is -2.40. The number of aliphatic carboxylic acids is 1. The van der Waals surface area contributed by atoms with Crippen LogP contribution in [0.1, 0.15) is 296 Å². The van der Waals surface area contributed by atoms with Crippen molar-refractivity contribution >= 4 is 17.9 Å². The molecule has 9 heteroatoms. The van der Waals surface area contributed by atoms with Crippen molar-refractivity contribution in [3.63, 3.8) is 0 Å². The van der Waals surface area contributed by atoms with Gasteiger partial charge in [0, 0.05) is 12.8 Å². The zero-order chi connectivity index (χ0) is 53.4. The molecule has 428 valence electrons. The highest BCUT2D eigenvalue weighted by Crippen LogP contribution is 2.17. The van der Waals surface area contributed by atoms with Crippen molar-refractivity contribution in [1.29, 1.82) is 0 Å². The van der Waals surface area contributed by atoms with E-state index in [1.54, 1.807) is 0 Å². The molecule has 0 saturated carbocycles. The molecule has 73 heavy (non-hydrogen) atoms. The van der Waals surface area contributed by atoms with Crippen LogP contribution in [0.2, 0.25) is 0 Å². The van der Waals surface area contributed by atoms with E-state index in [1.165, 1.54) is 225 Å². The Bertz CT molecular complexity index is 1290. The molecular formula is C64H120NO8+. The predicted octanol–water partition coefficient (Wildman–Crippen LogP) is 18.5. The van der Waals surface area contributed by atoms with Gasteiger partial charge in [0.2, 0.25) is 0 Å². The summed E-state index contributed by atoms with van der Waals surface area (Å²) in [6, 6.07) is 0. The number of rotatable bonds is 58. The molecule has 1 N–H and O–H groups in total. The lowest BCUT2D eigenvalue weighted by atomic mass is 10.0. The number of ether oxygens (including phenoxy) is 4. The first-order valence-corrected chi connectivity index (χ1v) is 31.2. The number of carboxylic acids is 1. The maximum absolute atomic E-state index is 12.9. The van der Waals surface area contributed by atoms with Gasteiger partial charge in [-0.15, -0.1) is 0 Å². The fraction of sp³-hybridized carbons (Fsp3) is 0.859. The smallest absolute Gasteiger partial charge is 0.361 e. The maximum Gasteiger partial charge on any atom is 0.361 e. The molecule has 2 unspecified atom stereocenters. The average molecular weight is 1030 g/mol. The Morgan fingerprint density at radius 1 is 0.411 bits per heavy atom. The van der Waals surface area contributed by atoms with E-state index in [-0.39, 0.29) is 32.2 Å². The topological polar surface area (TPSA) is 108 Å². The van der Waals surface area contributed by atoms with E-state index in [4.69, 9.17) is 18.9 Å². The van der Waals surface area contributed by atoms with Gasteiger partial charge >= 0.3 is 17.9 Å². The predicted molar refractivity (Wildman–Crippen MR) is 309 cm³/mol. The van der Waals surface area contributed by atoms with Crippen molar-refractivity contribution in [3.8, 4) is 0 Å². The van der Waals surface area contributed by atoms with Gasteiger partial charge in [-0.25, -0.2) is 4.79 Å². The molecule has 0 radical (unpaired) electrons. The molecule has 2 atom stereocenters. The molecule has 9 nitrogen and oxygen atoms in total. The summed E-state index contributed by atoms with van der Waals surface area (Å²) in [7, 11) is 5.98. The number of unbranched alkanes of at least 4 members (excludes halogenated alkanes) is 37. The normalized spacial score (nSPS) is 12.9. The van der Waals surface area contributed by atoms with E-state index in [0.717, 1.165) is 44.9 Å². The molecule has 0 aromatic heterocycles. The number of carbonyl (C=O) groups excluding carboxylic acids is 2. The fourth-order valence-electron chi connectivity index (χ4n) is 9.04. The number of quaternary nitrogens is 1. The first-order chi connectivity index (χ1) is 35.6. The van der Waals surface area contributed by atoms with Gasteiger partial charge in [-0.2, -0.15) is 0 Å². The summed E-state index contributed by atoms with van der Waals surface area (Å²) in [5, 5.41) is 9.72. The van der Waals surface area contributed by atoms with Gasteiger partial charge in [0.15, 0.2) is 6.10 Å². The Labute approximate surface area is 451 Å². The molecule has 0 rings (SSSR count). The van der Waals surface area contributed by atoms with Gasteiger partial charge < -0.3 is 28.5 Å². The number of allylic oxidation sites excluding steroid dienone is 6. The molecule has 0 spiro atoms. The third-order valence-electron chi connectivity index (χ3n) is 13.9. The van der Waals surface area contributed by atoms with Gasteiger partial charge in [0.1, 0.15) is 13.2 Å². The number of carbonyl (C=O) groups is 3. The largest absolute Gasteiger partial charge is 0.477 e. The summed E-state index contributed by atoms with van der Waals surface area (Å²) >= 11 is 0. The van der Waals surface area contributed by atoms with E-state index < -0.39 is 24.3 Å². The van der Waals surface area contributed by atoms with Gasteiger partial charge in [-0.3, -0.25) is 9.59 Å². The summed E-state index contributed by atoms with van der Waals surface area (Å²) < 4.78 is 22.9. The highest BCUT2D eigenvalue weighted by atomic mass is 16.7. The summed E-state index contributed by atoms with van der Waals surface area (Å²) in [5.41, 5.74) is 0. The standard InChI is InChI=1S/C64H119NO8/c1-6-8-10-12-14-16-18-20-22-24-26-28-29-30-31-32-33-35-37-39-41-43-45-47-49-51-53-55-62(67)73-60(59-72-64(63(68)69)70-57-56-65(3,4)5)58-71-61(66)54-52-50-48-46-44-42-40-38-36-34-27-25-23-21-19-17-15-13-11-9-7-2/h18,20,24-27,60,64H,6-17,19,21-23,28-59H2,1-5H3/p+1/b20-18-,26-24-,27-25-. The number of hydrogen-bond acceptors (Lipinski definition) is 7. The summed E-state index contributed by atoms with van der Waals surface area (Å²) in [6.45, 7) is 4.91. The molecular weight excluding hydrogens is 911 g/mol. The maximum atomic E-state index is 12.9. The lowest BCUT2D eigenvalue weighted by molar-refractivity contribution is -0.870. The van der Waals surface area contributed by atoms with Crippen LogP contribution in [0.15, 0.2) is 36.5 Å². The molecule has 0 aromatic rings. The zero-order valence-corrected chi connectivity index (χ0v) is 48.8. The molecule has 0 fully saturated rings. The number of nitrogens with zero attached hydrogens (tertiary/aromatic N) is 1. The second-order valence-corrected chi connectivity index (χ2v) is 22.4. The first kappa shape index (κ1) is 70.5. The molecule has 0 bridgehead atoms. The number of likely N-dealkylation sites (N-methyl/N-ethyl adjacent to an activating group) is 1. The Morgan fingerprint density at radius 3 is 1.10 bits per heavy atom. The van der Waals surface area contributed by atoms with E-state index in [0.29, 0.717) is 17.4 Å². The average Bonchev–Trinajstić information content (AvgIpc) is 3.36. The van der Waals surface area contributed by atoms with E-state index in [9.17, 15) is 19.5 Å². The van der Waals surface area contributed by atoms with E-state index in [1.807, 2.05) is 21.1 Å². The number of esters is 2. The Hall–Kier alpha value is -2.49. The van der Waals surface area contributed by atoms with Crippen LogP contribution < -0.4 is 0 Å². The van der Waals surface area contributed by atoms with Crippen LogP contribution in [-0.4, -0.2) is 87.4 Å². The minimum absolute atomic E-state index is 0.180. The minimum atomic E-state index is -1.51. The van der Waals surface area contributed by atoms with Crippen molar-refractivity contribution in [2.75, 3.05) is 47.5 Å². The summed E-state index contributed by atoms with van der Waals surface area (Å²) in [4.78, 5) is 37.5. The van der Waals surface area contributed by atoms with Crippen molar-refractivity contribution < 1.29 is 42.9 Å². The first-order valence-electron chi connectivity index (χ1n) is 31.2. The van der Waals surface area contributed by atoms with Crippen LogP contribution in [0.5, 0.6) is 0 Å². The monoisotopic (exact) mass is 1030 g/mol. The highest BCUT2D eigenvalue weighted by Gasteiger charge is 2.25. The zero-order valence-electron chi connectivity index (χ0n) is 48.8. The number of carboxylic acid groups (broad SMARTS) is 1. The van der Waals surface area contributed by atoms with Crippen molar-refractivity contribution in [2.45, 2.75) is 309 Å². The fourth-order valence-corrected chi connectivity index (χ4v) is 9.04. The second kappa shape index (κ2) is 55.7. The quantitative estimate of drug-likeness (QED) is 0.0211. The van der Waals surface area contributed by atoms with Crippen LogP contribution >= 0.6 is 0 Å². The van der Waals surface area contributed by atoms with Gasteiger partial charge in [-0.1, -0.05) is 249 Å². The van der Waals surface area contributed by atoms with E-state index in [2.05, 4.69) is 50.3 Å². The Balaban J connectivity index is 4.17. The van der Waals surface area contributed by atoms with Crippen molar-refractivity contribution in [3.05, 3.63) is 36.5 Å². The molecule has 0 aromatic carbocycles. The summed E-state index contributed by atoms with van der Waals surface area (Å²) in [6.07, 6.45) is 65.1. The second-order valence-electron chi connectivity index (χ2n) is 22.4. The number of hydrogen-bond donors (Lipinski definition) is 1.